The number of rotatable bonds is 4. The van der Waals surface area contributed by atoms with Crippen LogP contribution < -0.4 is 5.32 Å². The summed E-state index contributed by atoms with van der Waals surface area (Å²) < 4.78 is 0. The second-order valence-electron chi connectivity index (χ2n) is 6.48. The first-order valence-electron chi connectivity index (χ1n) is 7.92. The third-order valence-electron chi connectivity index (χ3n) is 4.87. The molecule has 1 saturated heterocycles. The first-order valence-corrected chi connectivity index (χ1v) is 7.92. The third-order valence-corrected chi connectivity index (χ3v) is 4.87. The SMILES string of the molecule is CN(C)C(=O)N1CCC(NCC2CCCC2CO)CC1. The van der Waals surface area contributed by atoms with Crippen molar-refractivity contribution in [3.8, 4) is 0 Å². The van der Waals surface area contributed by atoms with Crippen molar-refractivity contribution in [2.24, 2.45) is 11.8 Å². The van der Waals surface area contributed by atoms with Crippen LogP contribution in [0.2, 0.25) is 0 Å². The van der Waals surface area contributed by atoms with Gasteiger partial charge in [-0.2, -0.15) is 0 Å². The molecule has 0 aromatic carbocycles. The molecule has 1 aliphatic carbocycles. The minimum absolute atomic E-state index is 0.125. The van der Waals surface area contributed by atoms with Crippen LogP contribution in [0, 0.1) is 11.8 Å². The largest absolute Gasteiger partial charge is 0.396 e. The van der Waals surface area contributed by atoms with Gasteiger partial charge in [0.2, 0.25) is 0 Å². The van der Waals surface area contributed by atoms with Gasteiger partial charge >= 0.3 is 6.03 Å². The minimum atomic E-state index is 0.125. The van der Waals surface area contributed by atoms with E-state index in [1.165, 1.54) is 19.3 Å². The summed E-state index contributed by atoms with van der Waals surface area (Å²) in [5.74, 6) is 1.14. The van der Waals surface area contributed by atoms with Crippen LogP contribution >= 0.6 is 0 Å². The summed E-state index contributed by atoms with van der Waals surface area (Å²) in [5.41, 5.74) is 0. The Morgan fingerprint density at radius 1 is 1.20 bits per heavy atom. The Morgan fingerprint density at radius 2 is 1.85 bits per heavy atom. The number of nitrogens with one attached hydrogen (secondary N) is 1. The maximum atomic E-state index is 11.9. The van der Waals surface area contributed by atoms with Crippen molar-refractivity contribution in [3.63, 3.8) is 0 Å². The van der Waals surface area contributed by atoms with Crippen LogP contribution in [0.3, 0.4) is 0 Å². The average Bonchev–Trinajstić information content (AvgIpc) is 2.92. The molecule has 1 saturated carbocycles. The Morgan fingerprint density at radius 3 is 2.45 bits per heavy atom. The van der Waals surface area contributed by atoms with Crippen LogP contribution in [0.1, 0.15) is 32.1 Å². The molecule has 1 heterocycles. The number of hydrogen-bond donors (Lipinski definition) is 2. The third kappa shape index (κ3) is 3.85. The van der Waals surface area contributed by atoms with E-state index in [4.69, 9.17) is 0 Å². The van der Waals surface area contributed by atoms with Gasteiger partial charge in [-0.25, -0.2) is 4.79 Å². The second kappa shape index (κ2) is 7.27. The summed E-state index contributed by atoms with van der Waals surface area (Å²) in [6, 6.07) is 0.653. The van der Waals surface area contributed by atoms with Gasteiger partial charge in [-0.05, 0) is 44.1 Å². The van der Waals surface area contributed by atoms with Gasteiger partial charge in [0.1, 0.15) is 0 Å². The quantitative estimate of drug-likeness (QED) is 0.813. The van der Waals surface area contributed by atoms with E-state index < -0.39 is 0 Å². The van der Waals surface area contributed by atoms with Crippen molar-refractivity contribution >= 4 is 6.03 Å². The fourth-order valence-corrected chi connectivity index (χ4v) is 3.50. The summed E-state index contributed by atoms with van der Waals surface area (Å²) in [5, 5.41) is 13.0. The van der Waals surface area contributed by atoms with Gasteiger partial charge in [-0.1, -0.05) is 6.42 Å². The van der Waals surface area contributed by atoms with Crippen molar-refractivity contribution in [1.82, 2.24) is 15.1 Å². The molecule has 2 rings (SSSR count). The molecule has 5 nitrogen and oxygen atoms in total. The number of aliphatic hydroxyl groups is 1. The zero-order valence-electron chi connectivity index (χ0n) is 12.8. The molecule has 2 aliphatic rings. The number of nitrogens with zero attached hydrogens (tertiary/aromatic N) is 2. The molecule has 2 unspecified atom stereocenters. The van der Waals surface area contributed by atoms with E-state index in [9.17, 15) is 9.90 Å². The van der Waals surface area contributed by atoms with Crippen molar-refractivity contribution in [3.05, 3.63) is 0 Å². The Bertz CT molecular complexity index is 314. The van der Waals surface area contributed by atoms with Crippen molar-refractivity contribution in [2.75, 3.05) is 40.3 Å². The molecule has 116 valence electrons. The Balaban J connectivity index is 1.68. The monoisotopic (exact) mass is 283 g/mol. The fraction of sp³-hybridized carbons (Fsp3) is 0.933. The lowest BCUT2D eigenvalue weighted by Gasteiger charge is -2.34. The Hall–Kier alpha value is -0.810. The average molecular weight is 283 g/mol. The molecule has 2 fully saturated rings. The molecule has 2 N–H and O–H groups in total. The summed E-state index contributed by atoms with van der Waals surface area (Å²) >= 11 is 0. The topological polar surface area (TPSA) is 55.8 Å². The van der Waals surface area contributed by atoms with Crippen molar-refractivity contribution in [1.29, 1.82) is 0 Å². The molecule has 0 aromatic heterocycles. The highest BCUT2D eigenvalue weighted by molar-refractivity contribution is 5.73. The predicted molar refractivity (Wildman–Crippen MR) is 79.6 cm³/mol. The fourth-order valence-electron chi connectivity index (χ4n) is 3.50. The zero-order chi connectivity index (χ0) is 14.5. The molecule has 2 amide bonds. The summed E-state index contributed by atoms with van der Waals surface area (Å²) in [6.45, 7) is 3.06. The minimum Gasteiger partial charge on any atom is -0.396 e. The van der Waals surface area contributed by atoms with Gasteiger partial charge in [0.05, 0.1) is 0 Å². The lowest BCUT2D eigenvalue weighted by Crippen LogP contribution is -2.48. The van der Waals surface area contributed by atoms with E-state index in [0.717, 1.165) is 32.5 Å². The summed E-state index contributed by atoms with van der Waals surface area (Å²) in [6.07, 6.45) is 5.76. The molecule has 2 atom stereocenters. The van der Waals surface area contributed by atoms with E-state index in [1.54, 1.807) is 4.90 Å². The molecule has 20 heavy (non-hydrogen) atoms. The second-order valence-corrected chi connectivity index (χ2v) is 6.48. The molecule has 5 heteroatoms. The van der Waals surface area contributed by atoms with Crippen molar-refractivity contribution < 1.29 is 9.90 Å². The smallest absolute Gasteiger partial charge is 0.319 e. The number of urea groups is 1. The predicted octanol–water partition coefficient (Wildman–Crippen LogP) is 1.13. The molecule has 0 aromatic rings. The Labute approximate surface area is 122 Å². The summed E-state index contributed by atoms with van der Waals surface area (Å²) in [4.78, 5) is 15.4. The molecule has 0 spiro atoms. The molecular formula is C15H29N3O2. The van der Waals surface area contributed by atoms with Crippen LogP contribution in [-0.2, 0) is 0 Å². The summed E-state index contributed by atoms with van der Waals surface area (Å²) in [7, 11) is 3.61. The van der Waals surface area contributed by atoms with Gasteiger partial charge in [0, 0.05) is 39.8 Å². The molecule has 0 radical (unpaired) electrons. The van der Waals surface area contributed by atoms with Gasteiger partial charge in [-0.15, -0.1) is 0 Å². The Kier molecular flexibility index (Phi) is 5.66. The molecule has 1 aliphatic heterocycles. The number of aliphatic hydroxyl groups excluding tert-OH is 1. The van der Waals surface area contributed by atoms with Crippen LogP contribution in [0.5, 0.6) is 0 Å². The lowest BCUT2D eigenvalue weighted by atomic mass is 9.96. The highest BCUT2D eigenvalue weighted by Gasteiger charge is 2.28. The van der Waals surface area contributed by atoms with Gasteiger partial charge < -0.3 is 20.2 Å². The normalized spacial score (nSPS) is 27.9. The van der Waals surface area contributed by atoms with Crippen LogP contribution in [0.25, 0.3) is 0 Å². The molecule has 0 bridgehead atoms. The van der Waals surface area contributed by atoms with E-state index in [0.29, 0.717) is 24.5 Å². The number of piperidine rings is 1. The number of likely N-dealkylation sites (tertiary alicyclic amines) is 1. The van der Waals surface area contributed by atoms with Crippen molar-refractivity contribution in [2.45, 2.75) is 38.1 Å². The maximum absolute atomic E-state index is 11.9. The van der Waals surface area contributed by atoms with Gasteiger partial charge in [0.25, 0.3) is 0 Å². The van der Waals surface area contributed by atoms with Gasteiger partial charge in [-0.3, -0.25) is 0 Å². The molecular weight excluding hydrogens is 254 g/mol. The van der Waals surface area contributed by atoms with Crippen LogP contribution in [-0.4, -0.2) is 67.3 Å². The number of carbonyl (C=O) groups excluding carboxylic acids is 1. The number of carbonyl (C=O) groups is 1. The maximum Gasteiger partial charge on any atom is 0.319 e. The zero-order valence-corrected chi connectivity index (χ0v) is 12.8. The van der Waals surface area contributed by atoms with E-state index in [-0.39, 0.29) is 6.03 Å². The van der Waals surface area contributed by atoms with E-state index in [1.807, 2.05) is 19.0 Å². The van der Waals surface area contributed by atoms with E-state index in [2.05, 4.69) is 5.32 Å². The number of hydrogen-bond acceptors (Lipinski definition) is 3. The van der Waals surface area contributed by atoms with E-state index >= 15 is 0 Å². The standard InChI is InChI=1S/C15H29N3O2/c1-17(2)15(20)18-8-6-14(7-9-18)16-10-12-4-3-5-13(12)11-19/h12-14,16,19H,3-11H2,1-2H3. The highest BCUT2D eigenvalue weighted by atomic mass is 16.3. The lowest BCUT2D eigenvalue weighted by molar-refractivity contribution is 0.148. The van der Waals surface area contributed by atoms with Crippen LogP contribution in [0.15, 0.2) is 0 Å². The number of amides is 2. The van der Waals surface area contributed by atoms with Gasteiger partial charge in [0.15, 0.2) is 0 Å². The van der Waals surface area contributed by atoms with Crippen LogP contribution in [0.4, 0.5) is 4.79 Å². The first-order chi connectivity index (χ1) is 9.61. The first kappa shape index (κ1) is 15.6. The highest BCUT2D eigenvalue weighted by Crippen LogP contribution is 2.30.